The van der Waals surface area contributed by atoms with Crippen molar-refractivity contribution in [2.45, 2.75) is 25.7 Å². The summed E-state index contributed by atoms with van der Waals surface area (Å²) in [7, 11) is -0.846. The van der Waals surface area contributed by atoms with E-state index in [9.17, 15) is 0 Å². The third-order valence-corrected chi connectivity index (χ3v) is 3.61. The smallest absolute Gasteiger partial charge is 0.0483 e. The molecule has 0 nitrogen and oxygen atoms in total. The van der Waals surface area contributed by atoms with Crippen molar-refractivity contribution in [3.8, 4) is 0 Å². The quantitative estimate of drug-likeness (QED) is 0.314. The van der Waals surface area contributed by atoms with Gasteiger partial charge in [-0.2, -0.15) is 0 Å². The molecule has 0 aromatic heterocycles. The minimum absolute atomic E-state index is 0.846. The molecule has 0 N–H and O–H groups in total. The summed E-state index contributed by atoms with van der Waals surface area (Å²) in [6.07, 6.45) is 0. The van der Waals surface area contributed by atoms with E-state index in [0.29, 0.717) is 0 Å². The molecular formula is C7H15ISi. The first kappa shape index (κ1) is 9.69. The first-order valence-electron chi connectivity index (χ1n) is 3.18. The Kier molecular flexibility index (Phi) is 4.04. The van der Waals surface area contributed by atoms with Crippen molar-refractivity contribution < 1.29 is 0 Å². The second-order valence-corrected chi connectivity index (χ2v) is 9.86. The first-order valence-corrected chi connectivity index (χ1v) is 8.41. The summed E-state index contributed by atoms with van der Waals surface area (Å²) in [5, 5.41) is 0. The molecule has 0 heterocycles. The summed E-state index contributed by atoms with van der Waals surface area (Å²) in [4.78, 5) is 0. The van der Waals surface area contributed by atoms with E-state index in [1.165, 1.54) is 11.6 Å². The van der Waals surface area contributed by atoms with Crippen LogP contribution in [0.25, 0.3) is 0 Å². The minimum atomic E-state index is -0.846. The zero-order chi connectivity index (χ0) is 7.49. The van der Waals surface area contributed by atoms with E-state index in [1.807, 2.05) is 0 Å². The lowest BCUT2D eigenvalue weighted by Crippen LogP contribution is -2.19. The van der Waals surface area contributed by atoms with Crippen molar-refractivity contribution in [1.29, 1.82) is 0 Å². The number of rotatable bonds is 3. The van der Waals surface area contributed by atoms with Crippen molar-refractivity contribution in [3.05, 3.63) is 12.2 Å². The second kappa shape index (κ2) is 3.76. The fourth-order valence-corrected chi connectivity index (χ4v) is 3.20. The number of allylic oxidation sites excluding steroid dienone is 1. The molecule has 0 rings (SSSR count). The predicted octanol–water partition coefficient (Wildman–Crippen LogP) is 3.32. The number of hydrogen-bond donors (Lipinski definition) is 0. The summed E-state index contributed by atoms with van der Waals surface area (Å²) in [6, 6.07) is 1.29. The second-order valence-electron chi connectivity index (χ2n) is 3.62. The van der Waals surface area contributed by atoms with Gasteiger partial charge in [-0.1, -0.05) is 54.4 Å². The van der Waals surface area contributed by atoms with Crippen LogP contribution in [0.4, 0.5) is 0 Å². The fraction of sp³-hybridized carbons (Fsp3) is 0.714. The summed E-state index contributed by atoms with van der Waals surface area (Å²) in [5.74, 6) is 0. The molecule has 0 aromatic carbocycles. The average molecular weight is 254 g/mol. The Morgan fingerprint density at radius 1 is 1.44 bits per heavy atom. The van der Waals surface area contributed by atoms with Crippen LogP contribution in [0.2, 0.25) is 25.7 Å². The standard InChI is InChI=1S/C7H15ISi/c1-7(5-8)6-9(2,3)4/h1,5-6H2,2-4H3. The van der Waals surface area contributed by atoms with Crippen LogP contribution in [-0.2, 0) is 0 Å². The van der Waals surface area contributed by atoms with Crippen LogP contribution in [0.3, 0.4) is 0 Å². The normalized spacial score (nSPS) is 11.6. The Morgan fingerprint density at radius 2 is 1.89 bits per heavy atom. The molecule has 0 bridgehead atoms. The molecule has 0 amide bonds. The van der Waals surface area contributed by atoms with E-state index in [-0.39, 0.29) is 0 Å². The Bertz CT molecular complexity index is 102. The topological polar surface area (TPSA) is 0 Å². The maximum atomic E-state index is 3.99. The molecule has 0 aliphatic carbocycles. The largest absolute Gasteiger partial charge is 0.0994 e. The van der Waals surface area contributed by atoms with E-state index < -0.39 is 8.07 Å². The van der Waals surface area contributed by atoms with Gasteiger partial charge in [0.1, 0.15) is 0 Å². The van der Waals surface area contributed by atoms with Crippen molar-refractivity contribution in [3.63, 3.8) is 0 Å². The van der Waals surface area contributed by atoms with Crippen LogP contribution in [0.5, 0.6) is 0 Å². The van der Waals surface area contributed by atoms with Gasteiger partial charge in [0.15, 0.2) is 0 Å². The third kappa shape index (κ3) is 6.57. The van der Waals surface area contributed by atoms with Gasteiger partial charge in [-0.25, -0.2) is 0 Å². The zero-order valence-electron chi connectivity index (χ0n) is 6.50. The van der Waals surface area contributed by atoms with Gasteiger partial charge in [-0.15, -0.1) is 0 Å². The lowest BCUT2D eigenvalue weighted by Gasteiger charge is -2.15. The molecule has 0 aliphatic rings. The van der Waals surface area contributed by atoms with Gasteiger partial charge in [0.05, 0.1) is 0 Å². The van der Waals surface area contributed by atoms with Gasteiger partial charge >= 0.3 is 0 Å². The van der Waals surface area contributed by atoms with Crippen molar-refractivity contribution in [2.24, 2.45) is 0 Å². The van der Waals surface area contributed by atoms with Crippen LogP contribution < -0.4 is 0 Å². The van der Waals surface area contributed by atoms with Crippen LogP contribution in [0, 0.1) is 0 Å². The molecule has 0 saturated carbocycles. The Morgan fingerprint density at radius 3 is 2.00 bits per heavy atom. The van der Waals surface area contributed by atoms with E-state index in [1.54, 1.807) is 0 Å². The van der Waals surface area contributed by atoms with E-state index in [2.05, 4.69) is 48.8 Å². The zero-order valence-corrected chi connectivity index (χ0v) is 9.66. The highest BCUT2D eigenvalue weighted by Crippen LogP contribution is 2.15. The molecule has 2 heteroatoms. The van der Waals surface area contributed by atoms with E-state index in [0.717, 1.165) is 4.43 Å². The molecule has 9 heavy (non-hydrogen) atoms. The molecule has 0 aliphatic heterocycles. The minimum Gasteiger partial charge on any atom is -0.0994 e. The summed E-state index contributed by atoms with van der Waals surface area (Å²) < 4.78 is 1.13. The molecule has 0 radical (unpaired) electrons. The Balaban J connectivity index is 3.60. The maximum absolute atomic E-state index is 3.99. The Hall–Kier alpha value is 0.687. The van der Waals surface area contributed by atoms with Crippen LogP contribution in [0.1, 0.15) is 0 Å². The van der Waals surface area contributed by atoms with Crippen LogP contribution in [-0.4, -0.2) is 12.5 Å². The van der Waals surface area contributed by atoms with Gasteiger partial charge in [-0.05, 0) is 6.04 Å². The summed E-state index contributed by atoms with van der Waals surface area (Å²) >= 11 is 2.38. The van der Waals surface area contributed by atoms with Crippen molar-refractivity contribution in [2.75, 3.05) is 4.43 Å². The SMILES string of the molecule is C=C(CI)C[Si](C)(C)C. The molecular weight excluding hydrogens is 239 g/mol. The van der Waals surface area contributed by atoms with Crippen LogP contribution in [0.15, 0.2) is 12.2 Å². The lowest BCUT2D eigenvalue weighted by atomic mass is 10.4. The van der Waals surface area contributed by atoms with Crippen molar-refractivity contribution in [1.82, 2.24) is 0 Å². The van der Waals surface area contributed by atoms with E-state index in [4.69, 9.17) is 0 Å². The molecule has 0 spiro atoms. The number of hydrogen-bond acceptors (Lipinski definition) is 0. The fourth-order valence-electron chi connectivity index (χ4n) is 0.797. The van der Waals surface area contributed by atoms with Gasteiger partial charge in [0.2, 0.25) is 0 Å². The first-order chi connectivity index (χ1) is 3.95. The summed E-state index contributed by atoms with van der Waals surface area (Å²) in [6.45, 7) is 11.1. The summed E-state index contributed by atoms with van der Waals surface area (Å²) in [5.41, 5.74) is 1.41. The predicted molar refractivity (Wildman–Crippen MR) is 56.2 cm³/mol. The average Bonchev–Trinajstić information content (AvgIpc) is 1.62. The van der Waals surface area contributed by atoms with Gasteiger partial charge in [0, 0.05) is 12.5 Å². The number of alkyl halides is 1. The molecule has 0 saturated heterocycles. The van der Waals surface area contributed by atoms with Gasteiger partial charge in [-0.3, -0.25) is 0 Å². The Labute approximate surface area is 72.9 Å². The van der Waals surface area contributed by atoms with Crippen LogP contribution >= 0.6 is 22.6 Å². The molecule has 0 fully saturated rings. The van der Waals surface area contributed by atoms with E-state index >= 15 is 0 Å². The highest BCUT2D eigenvalue weighted by molar-refractivity contribution is 14.1. The maximum Gasteiger partial charge on any atom is 0.0483 e. The van der Waals surface area contributed by atoms with Gasteiger partial charge in [0.25, 0.3) is 0 Å². The highest BCUT2D eigenvalue weighted by atomic mass is 127. The third-order valence-electron chi connectivity index (χ3n) is 0.969. The highest BCUT2D eigenvalue weighted by Gasteiger charge is 2.13. The molecule has 0 unspecified atom stereocenters. The number of halogens is 1. The monoisotopic (exact) mass is 254 g/mol. The lowest BCUT2D eigenvalue weighted by molar-refractivity contribution is 1.36. The van der Waals surface area contributed by atoms with Gasteiger partial charge < -0.3 is 0 Å². The van der Waals surface area contributed by atoms with Crippen molar-refractivity contribution >= 4 is 30.7 Å². The molecule has 0 atom stereocenters. The molecule has 54 valence electrons. The molecule has 0 aromatic rings.